The molecule has 10 nitrogen and oxygen atoms in total. The summed E-state index contributed by atoms with van der Waals surface area (Å²) >= 11 is 0. The van der Waals surface area contributed by atoms with Gasteiger partial charge in [0.15, 0.2) is 0 Å². The molecule has 2 saturated carbocycles. The van der Waals surface area contributed by atoms with E-state index >= 15 is 0 Å². The van der Waals surface area contributed by atoms with Gasteiger partial charge in [0.2, 0.25) is 5.91 Å². The molecule has 8 rings (SSSR count). The molecule has 2 atom stereocenters. The fourth-order valence-electron chi connectivity index (χ4n) is 9.30. The molecule has 3 aromatic carbocycles. The Kier molecular flexibility index (Phi) is 8.85. The molecular formula is C41H48N4O6S. The number of rotatable bonds is 8. The number of nitrogens with zero attached hydrogens (tertiary/aromatic N) is 3. The van der Waals surface area contributed by atoms with E-state index in [-0.39, 0.29) is 17.4 Å². The van der Waals surface area contributed by atoms with Crippen molar-refractivity contribution in [3.8, 4) is 22.8 Å². The number of fused-ring (bicyclic) bond motifs is 7. The summed E-state index contributed by atoms with van der Waals surface area (Å²) in [6.45, 7) is 1.89. The summed E-state index contributed by atoms with van der Waals surface area (Å²) in [7, 11) is 2.16. The zero-order chi connectivity index (χ0) is 36.4. The van der Waals surface area contributed by atoms with Gasteiger partial charge >= 0.3 is 10.2 Å². The predicted octanol–water partition coefficient (Wildman–Crippen LogP) is 6.80. The van der Waals surface area contributed by atoms with Crippen LogP contribution in [0.2, 0.25) is 0 Å². The Morgan fingerprint density at radius 1 is 0.846 bits per heavy atom. The molecule has 52 heavy (non-hydrogen) atoms. The number of hydrogen-bond donors (Lipinski definition) is 1. The van der Waals surface area contributed by atoms with Crippen LogP contribution in [-0.4, -0.2) is 75.4 Å². The van der Waals surface area contributed by atoms with Crippen molar-refractivity contribution in [2.45, 2.75) is 75.7 Å². The Morgan fingerprint density at radius 3 is 2.21 bits per heavy atom. The summed E-state index contributed by atoms with van der Waals surface area (Å²) in [5.74, 6) is 1.90. The smallest absolute Gasteiger partial charge is 0.303 e. The maximum Gasteiger partial charge on any atom is 0.303 e. The quantitative estimate of drug-likeness (QED) is 0.214. The molecule has 1 N–H and O–H groups in total. The molecule has 2 aliphatic heterocycles. The van der Waals surface area contributed by atoms with E-state index in [1.165, 1.54) is 31.6 Å². The maximum absolute atomic E-state index is 14.9. The Hall–Kier alpha value is -4.35. The van der Waals surface area contributed by atoms with Crippen molar-refractivity contribution in [1.82, 2.24) is 18.5 Å². The zero-order valence-corrected chi connectivity index (χ0v) is 31.3. The van der Waals surface area contributed by atoms with Crippen LogP contribution in [0.1, 0.15) is 96.2 Å². The Labute approximate surface area is 306 Å². The van der Waals surface area contributed by atoms with Crippen molar-refractivity contribution < 1.29 is 27.5 Å². The Bertz CT molecular complexity index is 2150. The van der Waals surface area contributed by atoms with Crippen molar-refractivity contribution in [2.24, 2.45) is 5.41 Å². The number of aromatic nitrogens is 1. The number of likely N-dealkylation sites (tertiary alicyclic amines) is 1. The van der Waals surface area contributed by atoms with Crippen molar-refractivity contribution in [3.05, 3.63) is 82.9 Å². The number of piperidine rings is 1. The minimum absolute atomic E-state index is 0.0373. The number of methoxy groups -OCH3 is 2. The molecule has 2 aliphatic carbocycles. The number of hydrogen-bond acceptors (Lipinski definition) is 6. The molecule has 4 aliphatic rings. The highest BCUT2D eigenvalue weighted by molar-refractivity contribution is 7.87. The summed E-state index contributed by atoms with van der Waals surface area (Å²) in [4.78, 5) is 30.5. The molecule has 11 heteroatoms. The van der Waals surface area contributed by atoms with Crippen LogP contribution in [0.5, 0.6) is 11.5 Å². The second-order valence-corrected chi connectivity index (χ2v) is 17.2. The van der Waals surface area contributed by atoms with E-state index in [2.05, 4.69) is 38.5 Å². The van der Waals surface area contributed by atoms with Gasteiger partial charge in [0, 0.05) is 61.7 Å². The third-order valence-electron chi connectivity index (χ3n) is 12.3. The van der Waals surface area contributed by atoms with Crippen molar-refractivity contribution in [3.63, 3.8) is 0 Å². The van der Waals surface area contributed by atoms with E-state index in [4.69, 9.17) is 9.47 Å². The van der Waals surface area contributed by atoms with Crippen LogP contribution in [0, 0.1) is 5.41 Å². The molecule has 2 amide bonds. The minimum Gasteiger partial charge on any atom is -0.497 e. The standard InChI is InChI=1S/C41H48N4O6S/c1-43(2)52(48,49)42-39(46)29-12-16-33-36(22-29)45-25-41(40(47)44-20-18-27(19-21-44)26-10-13-30(50-3)14-11-26)24-35(41)34-23-31(51-4)15-17-32(34)38(45)37(33)28-8-6-5-7-9-28/h10-17,22-23,27-28,35H,5-9,18-21,24-25H2,1-4H3,(H,42,46). The fraction of sp³-hybridized carbons (Fsp3) is 0.463. The summed E-state index contributed by atoms with van der Waals surface area (Å²) in [6.07, 6.45) is 8.25. The van der Waals surface area contributed by atoms with Gasteiger partial charge in [0.1, 0.15) is 11.5 Å². The molecule has 0 spiro atoms. The number of benzene rings is 3. The van der Waals surface area contributed by atoms with E-state index in [1.807, 2.05) is 30.3 Å². The number of amides is 2. The molecule has 4 aromatic rings. The second kappa shape index (κ2) is 13.3. The fourth-order valence-corrected chi connectivity index (χ4v) is 9.83. The van der Waals surface area contributed by atoms with Crippen LogP contribution < -0.4 is 14.2 Å². The Morgan fingerprint density at radius 2 is 1.54 bits per heavy atom. The van der Waals surface area contributed by atoms with Crippen molar-refractivity contribution in [2.75, 3.05) is 41.4 Å². The normalized spacial score (nSPS) is 21.9. The van der Waals surface area contributed by atoms with E-state index < -0.39 is 21.5 Å². The molecule has 3 fully saturated rings. The maximum atomic E-state index is 14.9. The van der Waals surface area contributed by atoms with Gasteiger partial charge in [-0.1, -0.05) is 37.5 Å². The zero-order valence-electron chi connectivity index (χ0n) is 30.5. The molecule has 1 saturated heterocycles. The van der Waals surface area contributed by atoms with Crippen molar-refractivity contribution >= 4 is 32.9 Å². The summed E-state index contributed by atoms with van der Waals surface area (Å²) < 4.78 is 41.9. The van der Waals surface area contributed by atoms with E-state index in [0.717, 1.165) is 88.5 Å². The summed E-state index contributed by atoms with van der Waals surface area (Å²) in [6, 6.07) is 20.1. The SMILES string of the molecule is COc1ccc(C2CCN(C(=O)C34CC3c3cc(OC)ccc3-c3c(C5CCCCC5)c5ccc(C(=O)NS(=O)(=O)N(C)C)cc5n3C4)CC2)cc1. The first kappa shape index (κ1) is 34.7. The van der Waals surface area contributed by atoms with Gasteiger partial charge in [-0.25, -0.2) is 4.72 Å². The number of ether oxygens (including phenoxy) is 2. The van der Waals surface area contributed by atoms with E-state index in [1.54, 1.807) is 20.3 Å². The lowest BCUT2D eigenvalue weighted by Crippen LogP contribution is -2.44. The van der Waals surface area contributed by atoms with Gasteiger partial charge in [-0.15, -0.1) is 0 Å². The largest absolute Gasteiger partial charge is 0.497 e. The Balaban J connectivity index is 1.21. The predicted molar refractivity (Wildman–Crippen MR) is 201 cm³/mol. The topological polar surface area (TPSA) is 110 Å². The van der Waals surface area contributed by atoms with Crippen LogP contribution in [0.25, 0.3) is 22.2 Å². The molecule has 0 bridgehead atoms. The summed E-state index contributed by atoms with van der Waals surface area (Å²) in [5.41, 5.74) is 6.44. The number of nitrogens with one attached hydrogen (secondary N) is 1. The number of carbonyl (C=O) groups is 2. The summed E-state index contributed by atoms with van der Waals surface area (Å²) in [5, 5.41) is 1.07. The average Bonchev–Trinajstić information content (AvgIpc) is 3.84. The van der Waals surface area contributed by atoms with Gasteiger partial charge in [-0.05, 0) is 103 Å². The van der Waals surface area contributed by atoms with Crippen LogP contribution in [0.3, 0.4) is 0 Å². The lowest BCUT2D eigenvalue weighted by Gasteiger charge is -2.35. The lowest BCUT2D eigenvalue weighted by atomic mass is 9.81. The van der Waals surface area contributed by atoms with Gasteiger partial charge in [0.25, 0.3) is 5.91 Å². The van der Waals surface area contributed by atoms with Gasteiger partial charge < -0.3 is 18.9 Å². The van der Waals surface area contributed by atoms with Crippen LogP contribution in [0.15, 0.2) is 60.7 Å². The molecule has 3 heterocycles. The molecular weight excluding hydrogens is 677 g/mol. The first-order valence-electron chi connectivity index (χ1n) is 18.6. The van der Waals surface area contributed by atoms with Gasteiger partial charge in [-0.2, -0.15) is 12.7 Å². The van der Waals surface area contributed by atoms with Gasteiger partial charge in [-0.3, -0.25) is 9.59 Å². The molecule has 1 aromatic heterocycles. The lowest BCUT2D eigenvalue weighted by molar-refractivity contribution is -0.138. The highest BCUT2D eigenvalue weighted by Crippen LogP contribution is 2.66. The minimum atomic E-state index is -3.98. The first-order chi connectivity index (χ1) is 25.0. The second-order valence-electron chi connectivity index (χ2n) is 15.3. The third-order valence-corrected chi connectivity index (χ3v) is 13.7. The first-order valence-corrected chi connectivity index (χ1v) is 20.0. The molecule has 274 valence electrons. The van der Waals surface area contributed by atoms with Crippen LogP contribution in [0.4, 0.5) is 0 Å². The number of carbonyl (C=O) groups excluding carboxylic acids is 2. The molecule has 2 unspecified atom stereocenters. The van der Waals surface area contributed by atoms with E-state index in [9.17, 15) is 18.0 Å². The van der Waals surface area contributed by atoms with Gasteiger partial charge in [0.05, 0.1) is 25.3 Å². The highest BCUT2D eigenvalue weighted by Gasteiger charge is 2.64. The van der Waals surface area contributed by atoms with E-state index in [0.29, 0.717) is 31.5 Å². The van der Waals surface area contributed by atoms with Crippen LogP contribution >= 0.6 is 0 Å². The molecule has 0 radical (unpaired) electrons. The highest BCUT2D eigenvalue weighted by atomic mass is 32.2. The monoisotopic (exact) mass is 724 g/mol. The van der Waals surface area contributed by atoms with Crippen molar-refractivity contribution in [1.29, 1.82) is 0 Å². The third kappa shape index (κ3) is 5.86. The van der Waals surface area contributed by atoms with Crippen LogP contribution in [-0.2, 0) is 21.5 Å². The average molecular weight is 725 g/mol.